The smallest absolute Gasteiger partial charge is 0.253 e. The zero-order valence-corrected chi connectivity index (χ0v) is 14.5. The Balaban J connectivity index is 2.11. The van der Waals surface area contributed by atoms with Gasteiger partial charge in [0.2, 0.25) is 0 Å². The zero-order valence-electron chi connectivity index (χ0n) is 14.5. The molecule has 0 aliphatic carbocycles. The fourth-order valence-electron chi connectivity index (χ4n) is 2.74. The lowest BCUT2D eigenvalue weighted by Gasteiger charge is -2.13. The van der Waals surface area contributed by atoms with Crippen molar-refractivity contribution in [2.75, 3.05) is 14.1 Å². The summed E-state index contributed by atoms with van der Waals surface area (Å²) in [5.41, 5.74) is 5.08. The van der Waals surface area contributed by atoms with Crippen molar-refractivity contribution in [1.29, 1.82) is 0 Å². The van der Waals surface area contributed by atoms with Crippen molar-refractivity contribution in [2.45, 2.75) is 0 Å². The molecule has 0 bridgehead atoms. The second kappa shape index (κ2) is 7.63. The van der Waals surface area contributed by atoms with Gasteiger partial charge in [-0.05, 0) is 40.5 Å². The summed E-state index contributed by atoms with van der Waals surface area (Å²) in [7, 11) is 3.54. The Bertz CT molecular complexity index is 880. The third-order valence-corrected chi connectivity index (χ3v) is 4.02. The molecule has 3 aromatic rings. The van der Waals surface area contributed by atoms with E-state index in [1.807, 2.05) is 60.7 Å². The Kier molecular flexibility index (Phi) is 5.10. The van der Waals surface area contributed by atoms with Gasteiger partial charge in [0, 0.05) is 19.7 Å². The summed E-state index contributed by atoms with van der Waals surface area (Å²) < 4.78 is 0. The first-order valence-electron chi connectivity index (χ1n) is 8.29. The largest absolute Gasteiger partial charge is 0.345 e. The van der Waals surface area contributed by atoms with Crippen LogP contribution in [-0.4, -0.2) is 24.9 Å². The van der Waals surface area contributed by atoms with E-state index in [0.29, 0.717) is 5.56 Å². The molecule has 3 aromatic carbocycles. The molecule has 0 saturated heterocycles. The number of benzene rings is 3. The summed E-state index contributed by atoms with van der Waals surface area (Å²) in [6, 6.07) is 28.3. The molecule has 0 fully saturated rings. The number of hydrogen-bond acceptors (Lipinski definition) is 1. The van der Waals surface area contributed by atoms with Crippen LogP contribution in [0, 0.1) is 0 Å². The van der Waals surface area contributed by atoms with Gasteiger partial charge in [0.05, 0.1) is 0 Å². The van der Waals surface area contributed by atoms with Gasteiger partial charge in [-0.1, -0.05) is 72.8 Å². The van der Waals surface area contributed by atoms with Gasteiger partial charge in [0.15, 0.2) is 0 Å². The maximum absolute atomic E-state index is 12.3. The molecule has 0 unspecified atom stereocenters. The monoisotopic (exact) mass is 327 g/mol. The number of hydrogen-bond donors (Lipinski definition) is 0. The predicted molar refractivity (Wildman–Crippen MR) is 104 cm³/mol. The van der Waals surface area contributed by atoms with E-state index in [1.165, 1.54) is 0 Å². The second-order valence-electron chi connectivity index (χ2n) is 6.12. The maximum atomic E-state index is 12.3. The normalized spacial score (nSPS) is 11.2. The Hall–Kier alpha value is -3.13. The first-order chi connectivity index (χ1) is 12.1. The Labute approximate surface area is 149 Å². The van der Waals surface area contributed by atoms with Gasteiger partial charge in [-0.15, -0.1) is 0 Å². The third kappa shape index (κ3) is 4.04. The molecular formula is C23H21NO. The molecule has 0 N–H and O–H groups in total. The van der Waals surface area contributed by atoms with Gasteiger partial charge < -0.3 is 4.90 Å². The minimum Gasteiger partial charge on any atom is -0.345 e. The van der Waals surface area contributed by atoms with Crippen molar-refractivity contribution in [2.24, 2.45) is 0 Å². The molecule has 0 aliphatic rings. The summed E-state index contributed by atoms with van der Waals surface area (Å²) in [4.78, 5) is 13.9. The zero-order chi connectivity index (χ0) is 17.6. The fraction of sp³-hybridized carbons (Fsp3) is 0.0870. The van der Waals surface area contributed by atoms with Gasteiger partial charge in [0.25, 0.3) is 5.91 Å². The van der Waals surface area contributed by atoms with Crippen molar-refractivity contribution in [3.8, 4) is 0 Å². The van der Waals surface area contributed by atoms with Crippen LogP contribution in [0.5, 0.6) is 0 Å². The highest BCUT2D eigenvalue weighted by atomic mass is 16.2. The average molecular weight is 327 g/mol. The molecule has 0 heterocycles. The molecule has 124 valence electrons. The Morgan fingerprint density at radius 3 is 1.92 bits per heavy atom. The highest BCUT2D eigenvalue weighted by Gasteiger charge is 2.11. The number of carbonyl (C=O) groups excluding carboxylic acids is 1. The van der Waals surface area contributed by atoms with Crippen LogP contribution in [0.4, 0.5) is 0 Å². The second-order valence-corrected chi connectivity index (χ2v) is 6.12. The molecule has 1 amide bonds. The highest BCUT2D eigenvalue weighted by molar-refractivity contribution is 5.97. The standard InChI is InChI=1S/C23H21NO/c1-24(2)23(25)21-15-9-14-20(17-21)22(19-12-7-4-8-13-19)16-18-10-5-3-6-11-18/h3-17H,1-2H3/b22-16+. The first-order valence-corrected chi connectivity index (χ1v) is 8.29. The van der Waals surface area contributed by atoms with E-state index >= 15 is 0 Å². The number of amides is 1. The van der Waals surface area contributed by atoms with E-state index in [9.17, 15) is 4.79 Å². The molecule has 0 spiro atoms. The average Bonchev–Trinajstić information content (AvgIpc) is 2.67. The number of nitrogens with zero attached hydrogens (tertiary/aromatic N) is 1. The van der Waals surface area contributed by atoms with Crippen LogP contribution in [0.3, 0.4) is 0 Å². The summed E-state index contributed by atoms with van der Waals surface area (Å²) in [5.74, 6) is 0.00831. The lowest BCUT2D eigenvalue weighted by molar-refractivity contribution is 0.0827. The molecule has 0 aromatic heterocycles. The van der Waals surface area contributed by atoms with Crippen molar-refractivity contribution in [3.63, 3.8) is 0 Å². The van der Waals surface area contributed by atoms with Crippen LogP contribution in [0.2, 0.25) is 0 Å². The van der Waals surface area contributed by atoms with Crippen LogP contribution in [0.15, 0.2) is 84.9 Å². The van der Waals surface area contributed by atoms with E-state index in [1.54, 1.807) is 19.0 Å². The fourth-order valence-corrected chi connectivity index (χ4v) is 2.74. The van der Waals surface area contributed by atoms with Gasteiger partial charge in [0.1, 0.15) is 0 Å². The predicted octanol–water partition coefficient (Wildman–Crippen LogP) is 4.98. The molecule has 25 heavy (non-hydrogen) atoms. The molecule has 0 aliphatic heterocycles. The highest BCUT2D eigenvalue weighted by Crippen LogP contribution is 2.27. The van der Waals surface area contributed by atoms with E-state index in [-0.39, 0.29) is 5.91 Å². The van der Waals surface area contributed by atoms with Crippen LogP contribution >= 0.6 is 0 Å². The molecule has 2 nitrogen and oxygen atoms in total. The quantitative estimate of drug-likeness (QED) is 0.619. The van der Waals surface area contributed by atoms with Crippen molar-refractivity contribution >= 4 is 17.6 Å². The summed E-state index contributed by atoms with van der Waals surface area (Å²) in [6.07, 6.45) is 2.16. The third-order valence-electron chi connectivity index (χ3n) is 4.02. The van der Waals surface area contributed by atoms with Crippen molar-refractivity contribution in [1.82, 2.24) is 4.90 Å². The molecule has 0 radical (unpaired) electrons. The SMILES string of the molecule is CN(C)C(=O)c1cccc(/C(=C/c2ccccc2)c2ccccc2)c1. The van der Waals surface area contributed by atoms with Crippen LogP contribution in [0.25, 0.3) is 11.6 Å². The first kappa shape index (κ1) is 16.7. The van der Waals surface area contributed by atoms with Crippen LogP contribution in [0.1, 0.15) is 27.0 Å². The summed E-state index contributed by atoms with van der Waals surface area (Å²) in [6.45, 7) is 0. The van der Waals surface area contributed by atoms with E-state index < -0.39 is 0 Å². The molecule has 2 heteroatoms. The van der Waals surface area contributed by atoms with Gasteiger partial charge in [-0.3, -0.25) is 4.79 Å². The maximum Gasteiger partial charge on any atom is 0.253 e. The molecular weight excluding hydrogens is 306 g/mol. The topological polar surface area (TPSA) is 20.3 Å². The van der Waals surface area contributed by atoms with E-state index in [4.69, 9.17) is 0 Å². The van der Waals surface area contributed by atoms with Gasteiger partial charge in [-0.2, -0.15) is 0 Å². The molecule has 0 atom stereocenters. The van der Waals surface area contributed by atoms with Crippen LogP contribution < -0.4 is 0 Å². The van der Waals surface area contributed by atoms with Gasteiger partial charge in [-0.25, -0.2) is 0 Å². The van der Waals surface area contributed by atoms with E-state index in [0.717, 1.165) is 22.3 Å². The number of rotatable bonds is 4. The minimum absolute atomic E-state index is 0.00831. The van der Waals surface area contributed by atoms with Crippen molar-refractivity contribution in [3.05, 3.63) is 107 Å². The van der Waals surface area contributed by atoms with Crippen LogP contribution in [-0.2, 0) is 0 Å². The molecule has 3 rings (SSSR count). The Morgan fingerprint density at radius 2 is 1.28 bits per heavy atom. The van der Waals surface area contributed by atoms with E-state index in [2.05, 4.69) is 30.3 Å². The Morgan fingerprint density at radius 1 is 0.720 bits per heavy atom. The summed E-state index contributed by atoms with van der Waals surface area (Å²) in [5, 5.41) is 0. The summed E-state index contributed by atoms with van der Waals surface area (Å²) >= 11 is 0. The van der Waals surface area contributed by atoms with Crippen molar-refractivity contribution < 1.29 is 4.79 Å². The van der Waals surface area contributed by atoms with Gasteiger partial charge >= 0.3 is 0 Å². The lowest BCUT2D eigenvalue weighted by Crippen LogP contribution is -2.21. The number of carbonyl (C=O) groups is 1. The minimum atomic E-state index is 0.00831. The molecule has 0 saturated carbocycles. The lowest BCUT2D eigenvalue weighted by atomic mass is 9.94.